The second-order valence-corrected chi connectivity index (χ2v) is 5.36. The van der Waals surface area contributed by atoms with Gasteiger partial charge in [-0.15, -0.1) is 0 Å². The zero-order chi connectivity index (χ0) is 13.0. The molecule has 1 saturated carbocycles. The van der Waals surface area contributed by atoms with E-state index in [-0.39, 0.29) is 6.04 Å². The number of aromatic nitrogens is 2. The summed E-state index contributed by atoms with van der Waals surface area (Å²) in [7, 11) is 1.81. The van der Waals surface area contributed by atoms with Gasteiger partial charge in [-0.3, -0.25) is 0 Å². The topological polar surface area (TPSA) is 53.1 Å². The predicted octanol–water partition coefficient (Wildman–Crippen LogP) is 2.29. The number of hydrogen-bond acceptors (Lipinski definition) is 3. The predicted molar refractivity (Wildman–Crippen MR) is 72.5 cm³/mol. The summed E-state index contributed by atoms with van der Waals surface area (Å²) in [6.45, 7) is 2.12. The highest BCUT2D eigenvalue weighted by atomic mass is 16.5. The van der Waals surface area contributed by atoms with Crippen LogP contribution in [-0.4, -0.2) is 28.8 Å². The second kappa shape index (κ2) is 6.34. The van der Waals surface area contributed by atoms with Crippen LogP contribution in [0.5, 0.6) is 0 Å². The van der Waals surface area contributed by atoms with Gasteiger partial charge in [-0.25, -0.2) is 4.98 Å². The average molecular weight is 251 g/mol. The maximum absolute atomic E-state index is 5.97. The highest BCUT2D eigenvalue weighted by molar-refractivity contribution is 5.01. The smallest absolute Gasteiger partial charge is 0.0952 e. The molecule has 1 aromatic heterocycles. The van der Waals surface area contributed by atoms with Crippen molar-refractivity contribution in [1.82, 2.24) is 9.55 Å². The largest absolute Gasteiger partial charge is 0.381 e. The molecular formula is C14H25N3O. The van der Waals surface area contributed by atoms with Crippen molar-refractivity contribution in [2.75, 3.05) is 7.11 Å². The number of ether oxygens (including phenoxy) is 1. The molecule has 0 spiro atoms. The Kier molecular flexibility index (Phi) is 4.78. The molecule has 1 aromatic rings. The summed E-state index contributed by atoms with van der Waals surface area (Å²) in [5.41, 5.74) is 7.08. The number of hydrogen-bond donors (Lipinski definition) is 1. The van der Waals surface area contributed by atoms with Crippen LogP contribution in [0.25, 0.3) is 0 Å². The van der Waals surface area contributed by atoms with Gasteiger partial charge in [0.2, 0.25) is 0 Å². The lowest BCUT2D eigenvalue weighted by atomic mass is 9.93. The van der Waals surface area contributed by atoms with Crippen molar-refractivity contribution in [3.63, 3.8) is 0 Å². The van der Waals surface area contributed by atoms with Gasteiger partial charge in [0.25, 0.3) is 0 Å². The Morgan fingerprint density at radius 3 is 3.11 bits per heavy atom. The molecule has 3 atom stereocenters. The Labute approximate surface area is 110 Å². The van der Waals surface area contributed by atoms with Crippen molar-refractivity contribution in [1.29, 1.82) is 0 Å². The molecule has 0 aliphatic heterocycles. The van der Waals surface area contributed by atoms with E-state index < -0.39 is 0 Å². The Bertz CT molecular complexity index is 364. The Morgan fingerprint density at radius 1 is 1.56 bits per heavy atom. The van der Waals surface area contributed by atoms with Crippen LogP contribution in [-0.2, 0) is 11.2 Å². The van der Waals surface area contributed by atoms with Crippen LogP contribution in [0.15, 0.2) is 12.5 Å². The lowest BCUT2D eigenvalue weighted by Crippen LogP contribution is -2.23. The molecule has 0 aromatic carbocycles. The third-order valence-corrected chi connectivity index (χ3v) is 4.00. The van der Waals surface area contributed by atoms with Crippen molar-refractivity contribution >= 4 is 0 Å². The van der Waals surface area contributed by atoms with Crippen LogP contribution in [0.2, 0.25) is 0 Å². The van der Waals surface area contributed by atoms with Crippen molar-refractivity contribution in [2.24, 2.45) is 5.73 Å². The van der Waals surface area contributed by atoms with E-state index in [9.17, 15) is 0 Å². The van der Waals surface area contributed by atoms with E-state index in [1.54, 1.807) is 0 Å². The normalized spacial score (nSPS) is 26.2. The maximum atomic E-state index is 5.97. The Balaban J connectivity index is 1.96. The van der Waals surface area contributed by atoms with Gasteiger partial charge in [-0.05, 0) is 32.1 Å². The first-order chi connectivity index (χ1) is 8.72. The van der Waals surface area contributed by atoms with Crippen LogP contribution < -0.4 is 5.73 Å². The first-order valence-electron chi connectivity index (χ1n) is 7.03. The highest BCUT2D eigenvalue weighted by Crippen LogP contribution is 2.29. The average Bonchev–Trinajstić information content (AvgIpc) is 2.87. The molecule has 3 unspecified atom stereocenters. The van der Waals surface area contributed by atoms with E-state index in [4.69, 9.17) is 10.5 Å². The zero-order valence-corrected chi connectivity index (χ0v) is 11.5. The number of methoxy groups -OCH3 is 1. The summed E-state index contributed by atoms with van der Waals surface area (Å²) in [6.07, 6.45) is 11.2. The van der Waals surface area contributed by atoms with Gasteiger partial charge < -0.3 is 15.0 Å². The molecule has 0 radical (unpaired) electrons. The van der Waals surface area contributed by atoms with E-state index in [1.165, 1.54) is 19.3 Å². The molecule has 102 valence electrons. The SMILES string of the molecule is CCC(N)Cc1cn(C2CCCC(OC)C2)cn1. The number of rotatable bonds is 5. The molecule has 0 amide bonds. The molecule has 0 saturated heterocycles. The monoisotopic (exact) mass is 251 g/mol. The van der Waals surface area contributed by atoms with Gasteiger partial charge in [-0.2, -0.15) is 0 Å². The summed E-state index contributed by atoms with van der Waals surface area (Å²) in [5.74, 6) is 0. The molecule has 1 fully saturated rings. The van der Waals surface area contributed by atoms with Crippen molar-refractivity contribution in [3.8, 4) is 0 Å². The quantitative estimate of drug-likeness (QED) is 0.873. The van der Waals surface area contributed by atoms with Crippen molar-refractivity contribution < 1.29 is 4.74 Å². The van der Waals surface area contributed by atoms with Crippen LogP contribution in [0.4, 0.5) is 0 Å². The van der Waals surface area contributed by atoms with Gasteiger partial charge in [-0.1, -0.05) is 6.92 Å². The van der Waals surface area contributed by atoms with Crippen LogP contribution >= 0.6 is 0 Å². The van der Waals surface area contributed by atoms with Gasteiger partial charge in [0.1, 0.15) is 0 Å². The van der Waals surface area contributed by atoms with E-state index in [2.05, 4.69) is 22.7 Å². The Hall–Kier alpha value is -0.870. The molecule has 2 N–H and O–H groups in total. The molecule has 1 heterocycles. The third kappa shape index (κ3) is 3.33. The summed E-state index contributed by atoms with van der Waals surface area (Å²) in [5, 5.41) is 0. The fraction of sp³-hybridized carbons (Fsp3) is 0.786. The second-order valence-electron chi connectivity index (χ2n) is 5.36. The highest BCUT2D eigenvalue weighted by Gasteiger charge is 2.23. The van der Waals surface area contributed by atoms with Crippen molar-refractivity contribution in [3.05, 3.63) is 18.2 Å². The molecule has 0 bridgehead atoms. The number of nitrogens with zero attached hydrogens (tertiary/aromatic N) is 2. The minimum Gasteiger partial charge on any atom is -0.381 e. The number of imidazole rings is 1. The van der Waals surface area contributed by atoms with Gasteiger partial charge >= 0.3 is 0 Å². The first kappa shape index (κ1) is 13.6. The minimum absolute atomic E-state index is 0.228. The van der Waals surface area contributed by atoms with Crippen LogP contribution in [0.3, 0.4) is 0 Å². The third-order valence-electron chi connectivity index (χ3n) is 4.00. The molecule has 4 heteroatoms. The maximum Gasteiger partial charge on any atom is 0.0952 e. The number of nitrogens with two attached hydrogens (primary N) is 1. The molecule has 1 aliphatic carbocycles. The molecule has 2 rings (SSSR count). The van der Waals surface area contributed by atoms with Gasteiger partial charge in [0, 0.05) is 31.8 Å². The van der Waals surface area contributed by atoms with Gasteiger partial charge in [0.15, 0.2) is 0 Å². The van der Waals surface area contributed by atoms with E-state index in [0.717, 1.165) is 25.0 Å². The van der Waals surface area contributed by atoms with E-state index >= 15 is 0 Å². The molecule has 4 nitrogen and oxygen atoms in total. The summed E-state index contributed by atoms with van der Waals surface area (Å²) >= 11 is 0. The fourth-order valence-electron chi connectivity index (χ4n) is 2.70. The zero-order valence-electron chi connectivity index (χ0n) is 11.5. The van der Waals surface area contributed by atoms with Crippen molar-refractivity contribution in [2.45, 2.75) is 63.6 Å². The van der Waals surface area contributed by atoms with E-state index in [1.807, 2.05) is 13.4 Å². The first-order valence-corrected chi connectivity index (χ1v) is 7.03. The fourth-order valence-corrected chi connectivity index (χ4v) is 2.70. The summed E-state index contributed by atoms with van der Waals surface area (Å²) in [4.78, 5) is 4.47. The van der Waals surface area contributed by atoms with E-state index in [0.29, 0.717) is 12.1 Å². The van der Waals surface area contributed by atoms with Crippen LogP contribution in [0.1, 0.15) is 50.8 Å². The molecule has 18 heavy (non-hydrogen) atoms. The standard InChI is InChI=1S/C14H25N3O/c1-3-11(15)7-12-9-17(10-16-12)13-5-4-6-14(8-13)18-2/h9-11,13-14H,3-8,15H2,1-2H3. The van der Waals surface area contributed by atoms with Gasteiger partial charge in [0.05, 0.1) is 18.1 Å². The van der Waals surface area contributed by atoms with Crippen LogP contribution in [0, 0.1) is 0 Å². The minimum atomic E-state index is 0.228. The molecule has 1 aliphatic rings. The molecular weight excluding hydrogens is 226 g/mol. The summed E-state index contributed by atoms with van der Waals surface area (Å²) < 4.78 is 7.73. The Morgan fingerprint density at radius 2 is 2.39 bits per heavy atom. The lowest BCUT2D eigenvalue weighted by molar-refractivity contribution is 0.0530. The summed E-state index contributed by atoms with van der Waals surface area (Å²) in [6, 6.07) is 0.772. The lowest BCUT2D eigenvalue weighted by Gasteiger charge is -2.28.